The van der Waals surface area contributed by atoms with Gasteiger partial charge in [0, 0.05) is 16.1 Å². The highest BCUT2D eigenvalue weighted by molar-refractivity contribution is 9.10. The van der Waals surface area contributed by atoms with E-state index < -0.39 is 17.7 Å². The number of halogens is 1. The number of aromatic hydroxyl groups is 1. The van der Waals surface area contributed by atoms with E-state index in [0.29, 0.717) is 17.1 Å². The summed E-state index contributed by atoms with van der Waals surface area (Å²) in [4.78, 5) is 12.3. The highest BCUT2D eigenvalue weighted by atomic mass is 79.9. The molecule has 6 nitrogen and oxygen atoms in total. The molecule has 1 aliphatic rings. The SMILES string of the molecule is CC(C)(C)OC(=O)NC(c1ccc(Br)cc1)c1cc2c(cc1O)OCO2. The molecule has 1 atom stereocenters. The highest BCUT2D eigenvalue weighted by Crippen LogP contribution is 2.41. The molecule has 0 saturated heterocycles. The number of alkyl carbamates (subject to hydrolysis) is 1. The van der Waals surface area contributed by atoms with Crippen LogP contribution in [-0.2, 0) is 4.74 Å². The van der Waals surface area contributed by atoms with Gasteiger partial charge in [0.05, 0.1) is 6.04 Å². The van der Waals surface area contributed by atoms with Gasteiger partial charge in [-0.1, -0.05) is 28.1 Å². The van der Waals surface area contributed by atoms with Gasteiger partial charge >= 0.3 is 6.09 Å². The van der Waals surface area contributed by atoms with Gasteiger partial charge in [-0.25, -0.2) is 4.79 Å². The Morgan fingerprint density at radius 1 is 1.19 bits per heavy atom. The molecule has 138 valence electrons. The number of rotatable bonds is 3. The number of amides is 1. The fourth-order valence-corrected chi connectivity index (χ4v) is 2.86. The van der Waals surface area contributed by atoms with Crippen molar-refractivity contribution in [1.82, 2.24) is 5.32 Å². The molecule has 26 heavy (non-hydrogen) atoms. The zero-order valence-electron chi connectivity index (χ0n) is 14.7. The van der Waals surface area contributed by atoms with Crippen molar-refractivity contribution in [2.45, 2.75) is 32.4 Å². The summed E-state index contributed by atoms with van der Waals surface area (Å²) in [5, 5.41) is 13.3. The maximum absolute atomic E-state index is 12.3. The molecule has 0 saturated carbocycles. The molecule has 2 aromatic rings. The van der Waals surface area contributed by atoms with Crippen molar-refractivity contribution in [2.75, 3.05) is 6.79 Å². The van der Waals surface area contributed by atoms with Crippen LogP contribution in [0.3, 0.4) is 0 Å². The summed E-state index contributed by atoms with van der Waals surface area (Å²) in [6.45, 7) is 5.47. The van der Waals surface area contributed by atoms with E-state index >= 15 is 0 Å². The molecular formula is C19H20BrNO5. The first-order valence-corrected chi connectivity index (χ1v) is 8.90. The third-order valence-electron chi connectivity index (χ3n) is 3.70. The first kappa shape index (κ1) is 18.4. The van der Waals surface area contributed by atoms with E-state index in [-0.39, 0.29) is 12.5 Å². The summed E-state index contributed by atoms with van der Waals surface area (Å²) >= 11 is 3.40. The van der Waals surface area contributed by atoms with E-state index in [9.17, 15) is 9.90 Å². The van der Waals surface area contributed by atoms with Crippen LogP contribution in [0.25, 0.3) is 0 Å². The predicted molar refractivity (Wildman–Crippen MR) is 99.6 cm³/mol. The van der Waals surface area contributed by atoms with Crippen molar-refractivity contribution in [3.8, 4) is 17.2 Å². The van der Waals surface area contributed by atoms with Crippen molar-refractivity contribution >= 4 is 22.0 Å². The zero-order chi connectivity index (χ0) is 18.9. The summed E-state index contributed by atoms with van der Waals surface area (Å²) in [5.41, 5.74) is 0.640. The zero-order valence-corrected chi connectivity index (χ0v) is 16.3. The van der Waals surface area contributed by atoms with Gasteiger partial charge < -0.3 is 24.6 Å². The number of benzene rings is 2. The van der Waals surface area contributed by atoms with E-state index in [1.807, 2.05) is 24.3 Å². The third-order valence-corrected chi connectivity index (χ3v) is 4.23. The van der Waals surface area contributed by atoms with E-state index in [0.717, 1.165) is 10.0 Å². The first-order chi connectivity index (χ1) is 12.2. The summed E-state index contributed by atoms with van der Waals surface area (Å²) in [6.07, 6.45) is -0.581. The highest BCUT2D eigenvalue weighted by Gasteiger charge is 2.26. The molecule has 1 heterocycles. The number of carbonyl (C=O) groups is 1. The second kappa shape index (κ2) is 7.07. The molecule has 0 bridgehead atoms. The first-order valence-electron chi connectivity index (χ1n) is 8.10. The van der Waals surface area contributed by atoms with Crippen LogP contribution < -0.4 is 14.8 Å². The predicted octanol–water partition coefficient (Wildman–Crippen LogP) is 4.50. The van der Waals surface area contributed by atoms with Crippen LogP contribution >= 0.6 is 15.9 Å². The minimum Gasteiger partial charge on any atom is -0.507 e. The number of ether oxygens (including phenoxy) is 3. The minimum absolute atomic E-state index is 0.00164. The molecule has 0 spiro atoms. The molecule has 1 aliphatic heterocycles. The van der Waals surface area contributed by atoms with Gasteiger partial charge in [0.2, 0.25) is 6.79 Å². The molecule has 7 heteroatoms. The topological polar surface area (TPSA) is 77.0 Å². The van der Waals surface area contributed by atoms with Gasteiger partial charge in [-0.15, -0.1) is 0 Å². The van der Waals surface area contributed by atoms with E-state index in [4.69, 9.17) is 14.2 Å². The Labute approximate surface area is 160 Å². The number of nitrogens with one attached hydrogen (secondary N) is 1. The quantitative estimate of drug-likeness (QED) is 0.762. The van der Waals surface area contributed by atoms with Crippen molar-refractivity contribution in [1.29, 1.82) is 0 Å². The molecule has 2 N–H and O–H groups in total. The van der Waals surface area contributed by atoms with E-state index in [2.05, 4.69) is 21.2 Å². The molecule has 0 fully saturated rings. The molecule has 2 aromatic carbocycles. The Balaban J connectivity index is 1.98. The largest absolute Gasteiger partial charge is 0.507 e. The number of phenols is 1. The van der Waals surface area contributed by atoms with Crippen molar-refractivity contribution in [3.05, 3.63) is 52.0 Å². The second-order valence-corrected chi connectivity index (χ2v) is 7.81. The smallest absolute Gasteiger partial charge is 0.408 e. The number of carbonyl (C=O) groups excluding carboxylic acids is 1. The fourth-order valence-electron chi connectivity index (χ4n) is 2.60. The molecule has 1 amide bonds. The van der Waals surface area contributed by atoms with Gasteiger partial charge in [0.25, 0.3) is 0 Å². The minimum atomic E-state index is -0.634. The average molecular weight is 422 g/mol. The Kier molecular flexibility index (Phi) is 5.00. The van der Waals surface area contributed by atoms with Crippen LogP contribution in [0.4, 0.5) is 4.79 Å². The average Bonchev–Trinajstić information content (AvgIpc) is 2.98. The maximum atomic E-state index is 12.3. The van der Waals surface area contributed by atoms with E-state index in [1.54, 1.807) is 26.8 Å². The molecular weight excluding hydrogens is 402 g/mol. The monoisotopic (exact) mass is 421 g/mol. The normalized spacial score (nSPS) is 14.0. The van der Waals surface area contributed by atoms with Crippen LogP contribution in [0.5, 0.6) is 17.2 Å². The number of phenolic OH excluding ortho intramolecular Hbond substituents is 1. The molecule has 0 aliphatic carbocycles. The van der Waals surface area contributed by atoms with Crippen LogP contribution in [0, 0.1) is 0 Å². The van der Waals surface area contributed by atoms with Gasteiger partial charge in [-0.2, -0.15) is 0 Å². The van der Waals surface area contributed by atoms with E-state index in [1.165, 1.54) is 6.07 Å². The van der Waals surface area contributed by atoms with Crippen LogP contribution in [0.2, 0.25) is 0 Å². The van der Waals surface area contributed by atoms with Crippen molar-refractivity contribution in [2.24, 2.45) is 0 Å². The Bertz CT molecular complexity index is 814. The van der Waals surface area contributed by atoms with Crippen LogP contribution in [0.15, 0.2) is 40.9 Å². The standard InChI is InChI=1S/C19H20BrNO5/c1-19(2,3)26-18(23)21-17(11-4-6-12(20)7-5-11)13-8-15-16(9-14(13)22)25-10-24-15/h4-9,17,22H,10H2,1-3H3,(H,21,23). The Morgan fingerprint density at radius 3 is 2.42 bits per heavy atom. The van der Waals surface area contributed by atoms with Gasteiger partial charge in [0.15, 0.2) is 11.5 Å². The third kappa shape index (κ3) is 4.22. The Morgan fingerprint density at radius 2 is 1.81 bits per heavy atom. The lowest BCUT2D eigenvalue weighted by molar-refractivity contribution is 0.0512. The van der Waals surface area contributed by atoms with Crippen LogP contribution in [0.1, 0.15) is 37.9 Å². The van der Waals surface area contributed by atoms with Crippen LogP contribution in [-0.4, -0.2) is 23.6 Å². The molecule has 3 rings (SSSR count). The summed E-state index contributed by atoms with van der Waals surface area (Å²) in [6, 6.07) is 9.98. The second-order valence-electron chi connectivity index (χ2n) is 6.90. The number of hydrogen-bond donors (Lipinski definition) is 2. The molecule has 0 aromatic heterocycles. The Hall–Kier alpha value is -2.41. The van der Waals surface area contributed by atoms with Gasteiger partial charge in [-0.05, 0) is 44.5 Å². The summed E-state index contributed by atoms with van der Waals surface area (Å²) in [7, 11) is 0. The maximum Gasteiger partial charge on any atom is 0.408 e. The van der Waals surface area contributed by atoms with Gasteiger partial charge in [-0.3, -0.25) is 0 Å². The fraction of sp³-hybridized carbons (Fsp3) is 0.316. The lowest BCUT2D eigenvalue weighted by Crippen LogP contribution is -2.35. The number of hydrogen-bond acceptors (Lipinski definition) is 5. The van der Waals surface area contributed by atoms with Crippen molar-refractivity contribution < 1.29 is 24.1 Å². The number of fused-ring (bicyclic) bond motifs is 1. The summed E-state index contributed by atoms with van der Waals surface area (Å²) in [5.74, 6) is 0.988. The lowest BCUT2D eigenvalue weighted by Gasteiger charge is -2.25. The lowest BCUT2D eigenvalue weighted by atomic mass is 9.97. The van der Waals surface area contributed by atoms with Crippen molar-refractivity contribution in [3.63, 3.8) is 0 Å². The molecule has 1 unspecified atom stereocenters. The summed E-state index contributed by atoms with van der Waals surface area (Å²) < 4.78 is 17.0. The van der Waals surface area contributed by atoms with Gasteiger partial charge in [0.1, 0.15) is 11.4 Å². The molecule has 0 radical (unpaired) electrons.